The smallest absolute Gasteiger partial charge is 0.248 e. The van der Waals surface area contributed by atoms with Gasteiger partial charge in [0.05, 0.1) is 6.54 Å². The molecule has 1 fully saturated rings. The first-order chi connectivity index (χ1) is 10.6. The van der Waals surface area contributed by atoms with E-state index in [1.165, 1.54) is 0 Å². The molecule has 3 rings (SSSR count). The van der Waals surface area contributed by atoms with Gasteiger partial charge in [-0.05, 0) is 37.9 Å². The van der Waals surface area contributed by atoms with Gasteiger partial charge in [-0.2, -0.15) is 0 Å². The number of piperidine rings is 1. The molecule has 1 aliphatic heterocycles. The minimum Gasteiger partial charge on any atom is -0.419 e. The van der Waals surface area contributed by atoms with Crippen molar-refractivity contribution in [1.29, 1.82) is 0 Å². The number of aryl methyl sites for hydroxylation is 1. The average Bonchev–Trinajstić information content (AvgIpc) is 2.96. The summed E-state index contributed by atoms with van der Waals surface area (Å²) < 4.78 is 5.83. The minimum atomic E-state index is -0.0167. The number of benzene rings is 1. The Morgan fingerprint density at radius 3 is 2.91 bits per heavy atom. The van der Waals surface area contributed by atoms with E-state index in [-0.39, 0.29) is 12.0 Å². The van der Waals surface area contributed by atoms with E-state index in [1.54, 1.807) is 0 Å². The summed E-state index contributed by atoms with van der Waals surface area (Å²) in [7, 11) is 0. The van der Waals surface area contributed by atoms with Crippen LogP contribution in [0.25, 0.3) is 11.5 Å². The molecule has 0 aliphatic carbocycles. The normalized spacial score (nSPS) is 22.9. The molecule has 1 atom stereocenters. The Morgan fingerprint density at radius 2 is 2.14 bits per heavy atom. The lowest BCUT2D eigenvalue weighted by molar-refractivity contribution is 0.0392. The summed E-state index contributed by atoms with van der Waals surface area (Å²) in [6.45, 7) is 6.92. The fourth-order valence-electron chi connectivity index (χ4n) is 3.12. The molecule has 2 heterocycles. The number of aliphatic hydroxyl groups is 1. The SMILES string of the molecule is Cc1ccccc1-c1nnc(CN2CCCC(C)(CO)C2)o1. The zero-order valence-corrected chi connectivity index (χ0v) is 13.2. The molecule has 2 aromatic rings. The third-order valence-corrected chi connectivity index (χ3v) is 4.44. The minimum absolute atomic E-state index is 0.0167. The Morgan fingerprint density at radius 1 is 1.32 bits per heavy atom. The van der Waals surface area contributed by atoms with Gasteiger partial charge >= 0.3 is 0 Å². The summed E-state index contributed by atoms with van der Waals surface area (Å²) in [5.74, 6) is 1.22. The molecule has 0 radical (unpaired) electrons. The van der Waals surface area contributed by atoms with Gasteiger partial charge < -0.3 is 9.52 Å². The van der Waals surface area contributed by atoms with Gasteiger partial charge in [0.15, 0.2) is 0 Å². The fourth-order valence-corrected chi connectivity index (χ4v) is 3.12. The van der Waals surface area contributed by atoms with Crippen LogP contribution in [0.1, 0.15) is 31.2 Å². The maximum absolute atomic E-state index is 9.54. The maximum Gasteiger partial charge on any atom is 0.248 e. The van der Waals surface area contributed by atoms with E-state index < -0.39 is 0 Å². The zero-order valence-electron chi connectivity index (χ0n) is 13.2. The van der Waals surface area contributed by atoms with E-state index in [0.717, 1.165) is 37.1 Å². The second kappa shape index (κ2) is 6.18. The number of likely N-dealkylation sites (tertiary alicyclic amines) is 1. The molecular weight excluding hydrogens is 278 g/mol. The Balaban J connectivity index is 1.71. The van der Waals surface area contributed by atoms with Gasteiger partial charge in [0.1, 0.15) is 0 Å². The van der Waals surface area contributed by atoms with Crippen LogP contribution < -0.4 is 0 Å². The van der Waals surface area contributed by atoms with Crippen LogP contribution in [0.2, 0.25) is 0 Å². The zero-order chi connectivity index (χ0) is 15.6. The molecular formula is C17H23N3O2. The van der Waals surface area contributed by atoms with Crippen molar-refractivity contribution in [3.05, 3.63) is 35.7 Å². The van der Waals surface area contributed by atoms with Gasteiger partial charge in [0, 0.05) is 24.1 Å². The number of hydrogen-bond acceptors (Lipinski definition) is 5. The lowest BCUT2D eigenvalue weighted by atomic mass is 9.83. The van der Waals surface area contributed by atoms with Gasteiger partial charge in [0.25, 0.3) is 0 Å². The number of nitrogens with zero attached hydrogens (tertiary/aromatic N) is 3. The van der Waals surface area contributed by atoms with Crippen molar-refractivity contribution < 1.29 is 9.52 Å². The van der Waals surface area contributed by atoms with Crippen molar-refractivity contribution in [2.75, 3.05) is 19.7 Å². The van der Waals surface area contributed by atoms with Crippen LogP contribution in [-0.2, 0) is 6.54 Å². The lowest BCUT2D eigenvalue weighted by Crippen LogP contribution is -2.43. The molecule has 118 valence electrons. The summed E-state index contributed by atoms with van der Waals surface area (Å²) in [4.78, 5) is 2.29. The summed E-state index contributed by atoms with van der Waals surface area (Å²) in [5, 5.41) is 17.9. The van der Waals surface area contributed by atoms with Gasteiger partial charge in [-0.1, -0.05) is 25.1 Å². The highest BCUT2D eigenvalue weighted by Crippen LogP contribution is 2.30. The molecule has 0 saturated carbocycles. The van der Waals surface area contributed by atoms with E-state index >= 15 is 0 Å². The Labute approximate surface area is 131 Å². The lowest BCUT2D eigenvalue weighted by Gasteiger charge is -2.38. The summed E-state index contributed by atoms with van der Waals surface area (Å²) in [6, 6.07) is 8.01. The predicted octanol–water partition coefficient (Wildman–Crippen LogP) is 2.64. The third-order valence-electron chi connectivity index (χ3n) is 4.44. The Bertz CT molecular complexity index is 640. The van der Waals surface area contributed by atoms with E-state index in [1.807, 2.05) is 31.2 Å². The number of aliphatic hydroxyl groups excluding tert-OH is 1. The van der Waals surface area contributed by atoms with E-state index in [9.17, 15) is 5.11 Å². The first-order valence-corrected chi connectivity index (χ1v) is 7.81. The van der Waals surface area contributed by atoms with Crippen molar-refractivity contribution in [1.82, 2.24) is 15.1 Å². The second-order valence-corrected chi connectivity index (χ2v) is 6.60. The van der Waals surface area contributed by atoms with Crippen molar-refractivity contribution in [3.8, 4) is 11.5 Å². The summed E-state index contributed by atoms with van der Waals surface area (Å²) in [5.41, 5.74) is 2.10. The Kier molecular flexibility index (Phi) is 4.27. The third kappa shape index (κ3) is 3.20. The molecule has 0 bridgehead atoms. The van der Waals surface area contributed by atoms with Crippen molar-refractivity contribution in [3.63, 3.8) is 0 Å². The average molecular weight is 301 g/mol. The van der Waals surface area contributed by atoms with E-state index in [0.29, 0.717) is 18.3 Å². The first kappa shape index (κ1) is 15.2. The highest BCUT2D eigenvalue weighted by atomic mass is 16.4. The van der Waals surface area contributed by atoms with Crippen molar-refractivity contribution in [2.24, 2.45) is 5.41 Å². The number of hydrogen-bond donors (Lipinski definition) is 1. The predicted molar refractivity (Wildman–Crippen MR) is 84.2 cm³/mol. The quantitative estimate of drug-likeness (QED) is 0.940. The molecule has 5 nitrogen and oxygen atoms in total. The van der Waals surface area contributed by atoms with Crippen LogP contribution in [0.3, 0.4) is 0 Å². The molecule has 1 aromatic heterocycles. The van der Waals surface area contributed by atoms with Crippen LogP contribution in [-0.4, -0.2) is 39.9 Å². The van der Waals surface area contributed by atoms with Gasteiger partial charge in [0.2, 0.25) is 11.8 Å². The number of aromatic nitrogens is 2. The van der Waals surface area contributed by atoms with Gasteiger partial charge in [-0.15, -0.1) is 10.2 Å². The van der Waals surface area contributed by atoms with Crippen LogP contribution in [0.4, 0.5) is 0 Å². The molecule has 1 aliphatic rings. The molecule has 22 heavy (non-hydrogen) atoms. The van der Waals surface area contributed by atoms with Crippen molar-refractivity contribution >= 4 is 0 Å². The topological polar surface area (TPSA) is 62.4 Å². The molecule has 1 saturated heterocycles. The van der Waals surface area contributed by atoms with Crippen LogP contribution in [0.15, 0.2) is 28.7 Å². The molecule has 5 heteroatoms. The fraction of sp³-hybridized carbons (Fsp3) is 0.529. The standard InChI is InChI=1S/C17H23N3O2/c1-13-6-3-4-7-14(13)16-19-18-15(22-16)10-20-9-5-8-17(2,11-20)12-21/h3-4,6-7,21H,5,8-12H2,1-2H3. The summed E-state index contributed by atoms with van der Waals surface area (Å²) in [6.07, 6.45) is 2.16. The molecule has 1 N–H and O–H groups in total. The van der Waals surface area contributed by atoms with Crippen molar-refractivity contribution in [2.45, 2.75) is 33.2 Å². The van der Waals surface area contributed by atoms with E-state index in [2.05, 4.69) is 22.0 Å². The first-order valence-electron chi connectivity index (χ1n) is 7.81. The molecule has 0 amide bonds. The van der Waals surface area contributed by atoms with Gasteiger partial charge in [-0.25, -0.2) is 0 Å². The second-order valence-electron chi connectivity index (χ2n) is 6.60. The largest absolute Gasteiger partial charge is 0.419 e. The maximum atomic E-state index is 9.54. The van der Waals surface area contributed by atoms with Crippen LogP contribution >= 0.6 is 0 Å². The molecule has 1 aromatic carbocycles. The molecule has 1 unspecified atom stereocenters. The summed E-state index contributed by atoms with van der Waals surface area (Å²) >= 11 is 0. The van der Waals surface area contributed by atoms with Gasteiger partial charge in [-0.3, -0.25) is 4.90 Å². The van der Waals surface area contributed by atoms with Crippen LogP contribution in [0.5, 0.6) is 0 Å². The van der Waals surface area contributed by atoms with E-state index in [4.69, 9.17) is 4.42 Å². The highest BCUT2D eigenvalue weighted by molar-refractivity contribution is 5.57. The van der Waals surface area contributed by atoms with Crippen LogP contribution in [0, 0.1) is 12.3 Å². The molecule has 0 spiro atoms. The monoisotopic (exact) mass is 301 g/mol. The highest BCUT2D eigenvalue weighted by Gasteiger charge is 2.31. The number of rotatable bonds is 4. The Hall–Kier alpha value is -1.72.